The van der Waals surface area contributed by atoms with Gasteiger partial charge in [-0.3, -0.25) is 4.79 Å². The first-order valence-electron chi connectivity index (χ1n) is 10.5. The van der Waals surface area contributed by atoms with E-state index in [0.29, 0.717) is 37.5 Å². The molecule has 3 aromatic carbocycles. The Bertz CT molecular complexity index is 1110. The van der Waals surface area contributed by atoms with Crippen molar-refractivity contribution in [3.05, 3.63) is 66.2 Å². The number of benzene rings is 3. The van der Waals surface area contributed by atoms with Crippen LogP contribution in [0.4, 0.5) is 5.69 Å². The molecule has 7 heteroatoms. The first-order chi connectivity index (χ1) is 15.6. The molecule has 0 aromatic heterocycles. The number of hydrogen-bond acceptors (Lipinski definition) is 6. The number of piperazine rings is 1. The average Bonchev–Trinajstić information content (AvgIpc) is 2.86. The summed E-state index contributed by atoms with van der Waals surface area (Å²) in [7, 11) is 3.15. The van der Waals surface area contributed by atoms with Crippen molar-refractivity contribution in [3.63, 3.8) is 0 Å². The van der Waals surface area contributed by atoms with Gasteiger partial charge in [0.1, 0.15) is 17.1 Å². The van der Waals surface area contributed by atoms with E-state index in [9.17, 15) is 9.59 Å². The molecule has 0 radical (unpaired) electrons. The number of carbonyl (C=O) groups is 2. The van der Waals surface area contributed by atoms with Gasteiger partial charge in [-0.05, 0) is 47.2 Å². The second-order valence-corrected chi connectivity index (χ2v) is 7.54. The lowest BCUT2D eigenvalue weighted by Gasteiger charge is -2.36. The molecular weight excluding hydrogens is 408 g/mol. The van der Waals surface area contributed by atoms with Gasteiger partial charge < -0.3 is 24.0 Å². The van der Waals surface area contributed by atoms with E-state index in [4.69, 9.17) is 14.2 Å². The van der Waals surface area contributed by atoms with Crippen LogP contribution in [-0.2, 0) is 9.53 Å². The minimum atomic E-state index is -0.571. The van der Waals surface area contributed by atoms with Gasteiger partial charge in [-0.25, -0.2) is 4.79 Å². The zero-order chi connectivity index (χ0) is 22.5. The van der Waals surface area contributed by atoms with Gasteiger partial charge in [0.15, 0.2) is 6.61 Å². The zero-order valence-corrected chi connectivity index (χ0v) is 18.2. The van der Waals surface area contributed by atoms with Crippen molar-refractivity contribution < 1.29 is 23.8 Å². The first-order valence-corrected chi connectivity index (χ1v) is 10.5. The third-order valence-corrected chi connectivity index (χ3v) is 5.68. The predicted molar refractivity (Wildman–Crippen MR) is 123 cm³/mol. The van der Waals surface area contributed by atoms with E-state index >= 15 is 0 Å². The highest BCUT2D eigenvalue weighted by atomic mass is 16.5. The van der Waals surface area contributed by atoms with Crippen LogP contribution >= 0.6 is 0 Å². The monoisotopic (exact) mass is 434 g/mol. The SMILES string of the molecule is COc1ccc(N2CCN(C(=O)COC(=O)c3cc4ccccc4cc3OC)CC2)cc1. The van der Waals surface area contributed by atoms with E-state index in [1.165, 1.54) is 7.11 Å². The molecule has 3 aromatic rings. The summed E-state index contributed by atoms with van der Waals surface area (Å²) in [5.41, 5.74) is 1.40. The number of anilines is 1. The lowest BCUT2D eigenvalue weighted by Crippen LogP contribution is -2.49. The molecule has 0 N–H and O–H groups in total. The zero-order valence-electron chi connectivity index (χ0n) is 18.2. The number of rotatable bonds is 6. The normalized spacial score (nSPS) is 13.7. The minimum absolute atomic E-state index is 0.201. The summed E-state index contributed by atoms with van der Waals surface area (Å²) in [5, 5.41) is 1.87. The molecule has 0 atom stereocenters. The average molecular weight is 434 g/mol. The molecule has 0 aliphatic carbocycles. The molecule has 1 amide bonds. The number of esters is 1. The Morgan fingerprint density at radius 3 is 2.12 bits per heavy atom. The van der Waals surface area contributed by atoms with Crippen LogP contribution in [-0.4, -0.2) is 63.8 Å². The van der Waals surface area contributed by atoms with Gasteiger partial charge in [-0.2, -0.15) is 0 Å². The van der Waals surface area contributed by atoms with E-state index in [1.807, 2.05) is 48.5 Å². The van der Waals surface area contributed by atoms with Crippen molar-refractivity contribution in [3.8, 4) is 11.5 Å². The van der Waals surface area contributed by atoms with Crippen molar-refractivity contribution in [1.82, 2.24) is 4.90 Å². The van der Waals surface area contributed by atoms with Crippen molar-refractivity contribution in [1.29, 1.82) is 0 Å². The molecule has 4 rings (SSSR count). The smallest absolute Gasteiger partial charge is 0.342 e. The van der Waals surface area contributed by atoms with Gasteiger partial charge in [0.2, 0.25) is 0 Å². The third kappa shape index (κ3) is 4.61. The molecule has 1 heterocycles. The Balaban J connectivity index is 1.33. The summed E-state index contributed by atoms with van der Waals surface area (Å²) >= 11 is 0. The molecular formula is C25H26N2O5. The van der Waals surface area contributed by atoms with Crippen molar-refractivity contribution in [2.75, 3.05) is 51.9 Å². The second kappa shape index (κ2) is 9.60. The van der Waals surface area contributed by atoms with Crippen LogP contribution in [0.25, 0.3) is 10.8 Å². The van der Waals surface area contributed by atoms with E-state index < -0.39 is 5.97 Å². The summed E-state index contributed by atoms with van der Waals surface area (Å²) in [5.74, 6) is 0.465. The fourth-order valence-electron chi connectivity index (χ4n) is 3.85. The summed E-state index contributed by atoms with van der Waals surface area (Å²) in [6.45, 7) is 2.27. The Morgan fingerprint density at radius 2 is 1.50 bits per heavy atom. The lowest BCUT2D eigenvalue weighted by atomic mass is 10.1. The number of amides is 1. The molecule has 0 unspecified atom stereocenters. The van der Waals surface area contributed by atoms with Gasteiger partial charge in [0, 0.05) is 31.9 Å². The number of ether oxygens (including phenoxy) is 3. The topological polar surface area (TPSA) is 68.3 Å². The fraction of sp³-hybridized carbons (Fsp3) is 0.280. The molecule has 1 fully saturated rings. The number of nitrogens with zero attached hydrogens (tertiary/aromatic N) is 2. The largest absolute Gasteiger partial charge is 0.497 e. The molecule has 0 spiro atoms. The number of fused-ring (bicyclic) bond motifs is 1. The van der Waals surface area contributed by atoms with Gasteiger partial charge in [-0.1, -0.05) is 24.3 Å². The molecule has 166 valence electrons. The molecule has 1 aliphatic heterocycles. The van der Waals surface area contributed by atoms with Crippen LogP contribution < -0.4 is 14.4 Å². The van der Waals surface area contributed by atoms with Crippen molar-refractivity contribution >= 4 is 28.3 Å². The van der Waals surface area contributed by atoms with Crippen LogP contribution in [0.15, 0.2) is 60.7 Å². The van der Waals surface area contributed by atoms with E-state index in [1.54, 1.807) is 24.1 Å². The Labute approximate surface area is 187 Å². The summed E-state index contributed by atoms with van der Waals surface area (Å²) in [6.07, 6.45) is 0. The minimum Gasteiger partial charge on any atom is -0.497 e. The Hall–Kier alpha value is -3.74. The lowest BCUT2D eigenvalue weighted by molar-refractivity contribution is -0.134. The number of methoxy groups -OCH3 is 2. The maximum atomic E-state index is 12.7. The second-order valence-electron chi connectivity index (χ2n) is 7.54. The van der Waals surface area contributed by atoms with Crippen LogP contribution in [0.2, 0.25) is 0 Å². The molecule has 0 bridgehead atoms. The molecule has 1 aliphatic rings. The van der Waals surface area contributed by atoms with E-state index in [2.05, 4.69) is 4.90 Å². The third-order valence-electron chi connectivity index (χ3n) is 5.68. The standard InChI is InChI=1S/C25H26N2O5/c1-30-21-9-7-20(8-10-21)26-11-13-27(14-12-26)24(28)17-32-25(29)22-15-18-5-3-4-6-19(18)16-23(22)31-2/h3-10,15-16H,11-14,17H2,1-2H3. The van der Waals surface area contributed by atoms with Gasteiger partial charge in [-0.15, -0.1) is 0 Å². The predicted octanol–water partition coefficient (Wildman–Crippen LogP) is 3.36. The van der Waals surface area contributed by atoms with Crippen molar-refractivity contribution in [2.24, 2.45) is 0 Å². The molecule has 7 nitrogen and oxygen atoms in total. The first kappa shape index (κ1) is 21.5. The summed E-state index contributed by atoms with van der Waals surface area (Å²) < 4.78 is 15.9. The summed E-state index contributed by atoms with van der Waals surface area (Å²) in [4.78, 5) is 29.2. The molecule has 32 heavy (non-hydrogen) atoms. The van der Waals surface area contributed by atoms with Crippen molar-refractivity contribution in [2.45, 2.75) is 0 Å². The maximum absolute atomic E-state index is 12.7. The number of carbonyl (C=O) groups excluding carboxylic acids is 2. The van der Waals surface area contributed by atoms with E-state index in [-0.39, 0.29) is 12.5 Å². The van der Waals surface area contributed by atoms with Gasteiger partial charge in [0.05, 0.1) is 14.2 Å². The van der Waals surface area contributed by atoms with Crippen LogP contribution in [0, 0.1) is 0 Å². The fourth-order valence-corrected chi connectivity index (χ4v) is 3.85. The van der Waals surface area contributed by atoms with Gasteiger partial charge in [0.25, 0.3) is 5.91 Å². The highest BCUT2D eigenvalue weighted by Crippen LogP contribution is 2.26. The Kier molecular flexibility index (Phi) is 6.44. The molecule has 0 saturated carbocycles. The quantitative estimate of drug-likeness (QED) is 0.554. The molecule has 1 saturated heterocycles. The number of hydrogen-bond donors (Lipinski definition) is 0. The van der Waals surface area contributed by atoms with Crippen LogP contribution in [0.5, 0.6) is 11.5 Å². The van der Waals surface area contributed by atoms with Gasteiger partial charge >= 0.3 is 5.97 Å². The Morgan fingerprint density at radius 1 is 0.844 bits per heavy atom. The maximum Gasteiger partial charge on any atom is 0.342 e. The van der Waals surface area contributed by atoms with Crippen LogP contribution in [0.3, 0.4) is 0 Å². The highest BCUT2D eigenvalue weighted by molar-refractivity contribution is 5.99. The van der Waals surface area contributed by atoms with E-state index in [0.717, 1.165) is 22.2 Å². The van der Waals surface area contributed by atoms with Crippen LogP contribution in [0.1, 0.15) is 10.4 Å². The summed E-state index contributed by atoms with van der Waals surface area (Å²) in [6, 6.07) is 19.1. The highest BCUT2D eigenvalue weighted by Gasteiger charge is 2.23.